The van der Waals surface area contributed by atoms with Crippen LogP contribution in [0.15, 0.2) is 72.8 Å². The normalized spacial score (nSPS) is 10.7. The molecule has 0 aliphatic carbocycles. The van der Waals surface area contributed by atoms with Crippen LogP contribution >= 0.6 is 0 Å². The summed E-state index contributed by atoms with van der Waals surface area (Å²) in [5.74, 6) is 0.542. The molecule has 1 aromatic heterocycles. The van der Waals surface area contributed by atoms with Crippen LogP contribution in [-0.4, -0.2) is 22.6 Å². The molecule has 0 atom stereocenters. The quantitative estimate of drug-likeness (QED) is 0.282. The number of carbonyl (C=O) groups is 1. The lowest BCUT2D eigenvalue weighted by molar-refractivity contribution is 0.0587. The van der Waals surface area contributed by atoms with Crippen LogP contribution < -0.4 is 0 Å². The van der Waals surface area contributed by atoms with Gasteiger partial charge in [0.15, 0.2) is 5.69 Å². The fourth-order valence-electron chi connectivity index (χ4n) is 4.37. The molecule has 176 valence electrons. The van der Waals surface area contributed by atoms with Crippen LogP contribution in [0, 0.1) is 11.3 Å². The van der Waals surface area contributed by atoms with Gasteiger partial charge in [-0.2, -0.15) is 5.26 Å². The molecule has 5 nitrogen and oxygen atoms in total. The molecule has 4 rings (SSSR count). The summed E-state index contributed by atoms with van der Waals surface area (Å²) in [5, 5.41) is 9.70. The summed E-state index contributed by atoms with van der Waals surface area (Å²) >= 11 is 0. The van der Waals surface area contributed by atoms with Gasteiger partial charge in [-0.15, -0.1) is 0 Å². The average molecular weight is 464 g/mol. The minimum absolute atomic E-state index is 0.357. The van der Waals surface area contributed by atoms with Crippen LogP contribution in [0.1, 0.15) is 53.4 Å². The van der Waals surface area contributed by atoms with Crippen LogP contribution in [0.2, 0.25) is 0 Å². The highest BCUT2D eigenvalue weighted by Crippen LogP contribution is 2.30. The summed E-state index contributed by atoms with van der Waals surface area (Å²) in [7, 11) is 1.41. The average Bonchev–Trinajstić information content (AvgIpc) is 3.25. The zero-order valence-electron chi connectivity index (χ0n) is 20.4. The number of rotatable bonds is 8. The molecule has 4 aromatic rings. The number of methoxy groups -OCH3 is 1. The van der Waals surface area contributed by atoms with E-state index < -0.39 is 0 Å². The van der Waals surface area contributed by atoms with Gasteiger partial charge in [0.05, 0.1) is 24.4 Å². The lowest BCUT2D eigenvalue weighted by atomic mass is 9.94. The fourth-order valence-corrected chi connectivity index (χ4v) is 4.37. The first kappa shape index (κ1) is 24.0. The van der Waals surface area contributed by atoms with E-state index in [9.17, 15) is 10.1 Å². The van der Waals surface area contributed by atoms with Crippen molar-refractivity contribution in [1.82, 2.24) is 9.55 Å². The third-order valence-electron chi connectivity index (χ3n) is 6.16. The SMILES string of the molecule is CCCc1nc(CC)c(C(=O)OC)n1Cc1ccc(-c2cc(-c3ccccc3)ccc2C#N)cc1. The highest BCUT2D eigenvalue weighted by atomic mass is 16.5. The lowest BCUT2D eigenvalue weighted by Crippen LogP contribution is -2.15. The zero-order chi connectivity index (χ0) is 24.8. The maximum Gasteiger partial charge on any atom is 0.356 e. The predicted molar refractivity (Wildman–Crippen MR) is 138 cm³/mol. The number of benzene rings is 3. The van der Waals surface area contributed by atoms with Crippen LogP contribution in [0.4, 0.5) is 0 Å². The highest BCUT2D eigenvalue weighted by molar-refractivity contribution is 5.89. The van der Waals surface area contributed by atoms with Crippen molar-refractivity contribution in [2.24, 2.45) is 0 Å². The van der Waals surface area contributed by atoms with Crippen molar-refractivity contribution in [2.45, 2.75) is 39.7 Å². The standard InChI is InChI=1S/C30H29N3O2/c1-4-9-28-32-27(5-2)29(30(34)35-3)33(28)20-21-12-14-23(15-13-21)26-18-24(16-17-25(26)19-31)22-10-7-6-8-11-22/h6-8,10-18H,4-5,9,20H2,1-3H3. The van der Waals surface area contributed by atoms with Crippen molar-refractivity contribution in [1.29, 1.82) is 5.26 Å². The molecule has 0 spiro atoms. The number of carbonyl (C=O) groups excluding carboxylic acids is 1. The number of hydrogen-bond donors (Lipinski definition) is 0. The molecule has 3 aromatic carbocycles. The predicted octanol–water partition coefficient (Wildman–Crippen LogP) is 6.44. The second-order valence-electron chi connectivity index (χ2n) is 8.44. The summed E-state index contributed by atoms with van der Waals surface area (Å²) in [5.41, 5.74) is 7.05. The van der Waals surface area contributed by atoms with Crippen molar-refractivity contribution in [2.75, 3.05) is 7.11 Å². The van der Waals surface area contributed by atoms with E-state index in [1.807, 2.05) is 66.1 Å². The summed E-state index contributed by atoms with van der Waals surface area (Å²) < 4.78 is 7.05. The van der Waals surface area contributed by atoms with Gasteiger partial charge in [0.25, 0.3) is 0 Å². The number of aryl methyl sites for hydroxylation is 2. The molecule has 0 saturated carbocycles. The molecular weight excluding hydrogens is 434 g/mol. The number of ether oxygens (including phenoxy) is 1. The first-order valence-electron chi connectivity index (χ1n) is 11.9. The van der Waals surface area contributed by atoms with E-state index in [0.29, 0.717) is 24.2 Å². The third kappa shape index (κ3) is 5.02. The molecule has 0 aliphatic heterocycles. The second-order valence-corrected chi connectivity index (χ2v) is 8.44. The molecule has 1 heterocycles. The van der Waals surface area contributed by atoms with Gasteiger partial charge in [0.2, 0.25) is 0 Å². The van der Waals surface area contributed by atoms with Gasteiger partial charge in [-0.1, -0.05) is 74.5 Å². The molecular formula is C30H29N3O2. The van der Waals surface area contributed by atoms with Crippen LogP contribution in [0.3, 0.4) is 0 Å². The second kappa shape index (κ2) is 10.8. The number of hydrogen-bond acceptors (Lipinski definition) is 4. The Hall–Kier alpha value is -4.17. The number of aromatic nitrogens is 2. The first-order valence-corrected chi connectivity index (χ1v) is 11.9. The van der Waals surface area contributed by atoms with Gasteiger partial charge < -0.3 is 9.30 Å². The lowest BCUT2D eigenvalue weighted by Gasteiger charge is -2.13. The molecule has 0 aliphatic rings. The maximum absolute atomic E-state index is 12.6. The third-order valence-corrected chi connectivity index (χ3v) is 6.16. The monoisotopic (exact) mass is 463 g/mol. The van der Waals surface area contributed by atoms with Gasteiger partial charge in [0, 0.05) is 18.5 Å². The minimum Gasteiger partial charge on any atom is -0.464 e. The molecule has 0 N–H and O–H groups in total. The number of nitrogens with zero attached hydrogens (tertiary/aromatic N) is 3. The molecule has 0 saturated heterocycles. The van der Waals surface area contributed by atoms with Crippen molar-refractivity contribution < 1.29 is 9.53 Å². The summed E-state index contributed by atoms with van der Waals surface area (Å²) in [6.07, 6.45) is 2.40. The Morgan fingerprint density at radius 3 is 2.31 bits per heavy atom. The molecule has 35 heavy (non-hydrogen) atoms. The Balaban J connectivity index is 1.69. The minimum atomic E-state index is -0.357. The first-order chi connectivity index (χ1) is 17.1. The van der Waals surface area contributed by atoms with E-state index in [1.54, 1.807) is 0 Å². The zero-order valence-corrected chi connectivity index (χ0v) is 20.4. The smallest absolute Gasteiger partial charge is 0.356 e. The van der Waals surface area contributed by atoms with E-state index in [4.69, 9.17) is 9.72 Å². The molecule has 0 unspecified atom stereocenters. The Morgan fingerprint density at radius 1 is 0.971 bits per heavy atom. The Morgan fingerprint density at radius 2 is 1.69 bits per heavy atom. The maximum atomic E-state index is 12.6. The Bertz CT molecular complexity index is 1360. The van der Waals surface area contributed by atoms with E-state index in [0.717, 1.165) is 52.2 Å². The molecule has 5 heteroatoms. The van der Waals surface area contributed by atoms with E-state index in [-0.39, 0.29) is 5.97 Å². The van der Waals surface area contributed by atoms with E-state index in [1.165, 1.54) is 7.11 Å². The molecule has 0 bridgehead atoms. The van der Waals surface area contributed by atoms with Crippen molar-refractivity contribution >= 4 is 5.97 Å². The van der Waals surface area contributed by atoms with Crippen LogP contribution in [-0.2, 0) is 24.1 Å². The van der Waals surface area contributed by atoms with E-state index >= 15 is 0 Å². The van der Waals surface area contributed by atoms with E-state index in [2.05, 4.69) is 31.2 Å². The van der Waals surface area contributed by atoms with Gasteiger partial charge in [-0.05, 0) is 47.2 Å². The summed E-state index contributed by atoms with van der Waals surface area (Å²) in [6, 6.07) is 26.6. The van der Waals surface area contributed by atoms with Crippen molar-refractivity contribution in [3.05, 3.63) is 101 Å². The molecule has 0 fully saturated rings. The van der Waals surface area contributed by atoms with Gasteiger partial charge >= 0.3 is 5.97 Å². The van der Waals surface area contributed by atoms with Gasteiger partial charge in [0.1, 0.15) is 5.82 Å². The van der Waals surface area contributed by atoms with Gasteiger partial charge in [-0.25, -0.2) is 9.78 Å². The highest BCUT2D eigenvalue weighted by Gasteiger charge is 2.22. The number of esters is 1. The fraction of sp³-hybridized carbons (Fsp3) is 0.233. The van der Waals surface area contributed by atoms with Crippen LogP contribution in [0.5, 0.6) is 0 Å². The summed E-state index contributed by atoms with van der Waals surface area (Å²) in [4.78, 5) is 17.3. The van der Waals surface area contributed by atoms with Crippen molar-refractivity contribution in [3.8, 4) is 28.3 Å². The van der Waals surface area contributed by atoms with Crippen molar-refractivity contribution in [3.63, 3.8) is 0 Å². The Labute approximate surface area is 206 Å². The largest absolute Gasteiger partial charge is 0.464 e. The molecule has 0 amide bonds. The van der Waals surface area contributed by atoms with Crippen LogP contribution in [0.25, 0.3) is 22.3 Å². The number of imidazole rings is 1. The Kier molecular flexibility index (Phi) is 7.42. The topological polar surface area (TPSA) is 67.9 Å². The van der Waals surface area contributed by atoms with Gasteiger partial charge in [-0.3, -0.25) is 0 Å². The summed E-state index contributed by atoms with van der Waals surface area (Å²) in [6.45, 7) is 4.63. The molecule has 0 radical (unpaired) electrons. The number of nitriles is 1.